The van der Waals surface area contributed by atoms with Crippen molar-refractivity contribution in [2.45, 2.75) is 12.8 Å². The normalized spacial score (nSPS) is 12.9. The standard InChI is InChI=1S/C58H36N2S/c1-2-14-38-37(13-1)36(35-25-32-56-53(33-35)50-21-11-12-24-55(50)61-56)26-27-45(38)46-28-29-47(40-16-4-3-15-39(40)46)48-30-31-49(42-18-6-5-17-41(42)48)54-34-59-57-51-22-9-7-19-43(51)44-20-8-10-23-52(44)58(57)60-54/h1-24,26-31,33-34H,25,32H2. The predicted molar refractivity (Wildman–Crippen MR) is 261 cm³/mol. The molecule has 12 aromatic rings. The highest BCUT2D eigenvalue weighted by atomic mass is 32.1. The van der Waals surface area contributed by atoms with Gasteiger partial charge in [0.2, 0.25) is 0 Å². The van der Waals surface area contributed by atoms with Gasteiger partial charge in [0.15, 0.2) is 0 Å². The number of nitrogens with zero attached hydrogens (tertiary/aromatic N) is 2. The second-order valence-corrected chi connectivity index (χ2v) is 17.4. The number of thiophene rings is 1. The molecule has 0 aliphatic heterocycles. The number of fused-ring (bicyclic) bond motifs is 12. The Morgan fingerprint density at radius 1 is 0.344 bits per heavy atom. The van der Waals surface area contributed by atoms with Crippen LogP contribution in [0.2, 0.25) is 0 Å². The molecule has 284 valence electrons. The summed E-state index contributed by atoms with van der Waals surface area (Å²) in [4.78, 5) is 12.0. The molecule has 0 radical (unpaired) electrons. The van der Waals surface area contributed by atoms with Crippen molar-refractivity contribution >= 4 is 98.0 Å². The number of benzene rings is 10. The van der Waals surface area contributed by atoms with Gasteiger partial charge in [-0.1, -0.05) is 176 Å². The third kappa shape index (κ3) is 5.27. The van der Waals surface area contributed by atoms with Crippen LogP contribution < -0.4 is 0 Å². The lowest BCUT2D eigenvalue weighted by atomic mass is 9.85. The summed E-state index contributed by atoms with van der Waals surface area (Å²) >= 11 is 1.95. The molecule has 3 heteroatoms. The van der Waals surface area contributed by atoms with Crippen LogP contribution in [0, 0.1) is 0 Å². The smallest absolute Gasteiger partial charge is 0.0979 e. The molecular weight excluding hydrogens is 757 g/mol. The van der Waals surface area contributed by atoms with Crippen LogP contribution in [0.3, 0.4) is 0 Å². The van der Waals surface area contributed by atoms with Crippen molar-refractivity contribution in [3.63, 3.8) is 0 Å². The summed E-state index contributed by atoms with van der Waals surface area (Å²) in [5.41, 5.74) is 12.9. The lowest BCUT2D eigenvalue weighted by Crippen LogP contribution is -1.97. The van der Waals surface area contributed by atoms with Crippen LogP contribution in [-0.4, -0.2) is 9.97 Å². The quantitative estimate of drug-likeness (QED) is 0.166. The number of aromatic nitrogens is 2. The van der Waals surface area contributed by atoms with Crippen LogP contribution in [0.25, 0.3) is 120 Å². The average Bonchev–Trinajstić information content (AvgIpc) is 3.71. The molecule has 0 bridgehead atoms. The summed E-state index contributed by atoms with van der Waals surface area (Å²) < 4.78 is 1.38. The minimum absolute atomic E-state index is 0.874. The van der Waals surface area contributed by atoms with Crippen LogP contribution >= 0.6 is 11.3 Å². The van der Waals surface area contributed by atoms with E-state index in [1.165, 1.54) is 91.6 Å². The summed E-state index contributed by atoms with van der Waals surface area (Å²) in [6, 6.07) is 66.6. The highest BCUT2D eigenvalue weighted by Crippen LogP contribution is 2.45. The fraction of sp³-hybridized carbons (Fsp3) is 0.0345. The highest BCUT2D eigenvalue weighted by molar-refractivity contribution is 7.19. The van der Waals surface area contributed by atoms with Gasteiger partial charge in [-0.2, -0.15) is 0 Å². The second-order valence-electron chi connectivity index (χ2n) is 16.3. The Morgan fingerprint density at radius 2 is 0.754 bits per heavy atom. The summed E-state index contributed by atoms with van der Waals surface area (Å²) in [5.74, 6) is 0. The van der Waals surface area contributed by atoms with Crippen molar-refractivity contribution in [3.05, 3.63) is 204 Å². The molecule has 0 fully saturated rings. The fourth-order valence-corrected chi connectivity index (χ4v) is 11.4. The molecule has 0 spiro atoms. The third-order valence-electron chi connectivity index (χ3n) is 13.1. The van der Waals surface area contributed by atoms with Gasteiger partial charge < -0.3 is 0 Å². The lowest BCUT2D eigenvalue weighted by Gasteiger charge is -2.19. The molecule has 0 saturated carbocycles. The van der Waals surface area contributed by atoms with E-state index in [-0.39, 0.29) is 0 Å². The zero-order valence-electron chi connectivity index (χ0n) is 33.2. The third-order valence-corrected chi connectivity index (χ3v) is 14.3. The molecule has 61 heavy (non-hydrogen) atoms. The molecule has 0 saturated heterocycles. The molecule has 1 aliphatic carbocycles. The Labute approximate surface area is 356 Å². The van der Waals surface area contributed by atoms with Crippen LogP contribution in [0.1, 0.15) is 22.4 Å². The highest BCUT2D eigenvalue weighted by Gasteiger charge is 2.21. The van der Waals surface area contributed by atoms with Crippen LogP contribution in [0.4, 0.5) is 0 Å². The van der Waals surface area contributed by atoms with Crippen molar-refractivity contribution in [1.82, 2.24) is 9.97 Å². The fourth-order valence-electron chi connectivity index (χ4n) is 10.3. The van der Waals surface area contributed by atoms with E-state index in [2.05, 4.69) is 188 Å². The van der Waals surface area contributed by atoms with Gasteiger partial charge in [0, 0.05) is 25.9 Å². The van der Waals surface area contributed by atoms with E-state index in [1.807, 2.05) is 17.5 Å². The molecule has 2 aromatic heterocycles. The summed E-state index contributed by atoms with van der Waals surface area (Å²) in [7, 11) is 0. The van der Waals surface area contributed by atoms with Crippen LogP contribution in [0.5, 0.6) is 0 Å². The molecule has 13 rings (SSSR count). The molecule has 0 atom stereocenters. The Morgan fingerprint density at radius 3 is 1.31 bits per heavy atom. The first-order valence-electron chi connectivity index (χ1n) is 21.1. The lowest BCUT2D eigenvalue weighted by molar-refractivity contribution is 1.03. The van der Waals surface area contributed by atoms with E-state index in [0.29, 0.717) is 0 Å². The Bertz CT molecular complexity index is 3800. The minimum Gasteiger partial charge on any atom is -0.252 e. The maximum atomic E-state index is 5.39. The van der Waals surface area contributed by atoms with Crippen LogP contribution in [0.15, 0.2) is 188 Å². The van der Waals surface area contributed by atoms with Gasteiger partial charge in [-0.3, -0.25) is 4.98 Å². The van der Waals surface area contributed by atoms with Crippen molar-refractivity contribution in [2.75, 3.05) is 0 Å². The maximum Gasteiger partial charge on any atom is 0.0979 e. The van der Waals surface area contributed by atoms with Crippen molar-refractivity contribution in [2.24, 2.45) is 0 Å². The molecule has 0 N–H and O–H groups in total. The monoisotopic (exact) mass is 792 g/mol. The predicted octanol–water partition coefficient (Wildman–Crippen LogP) is 16.1. The van der Waals surface area contributed by atoms with Crippen molar-refractivity contribution in [1.29, 1.82) is 0 Å². The van der Waals surface area contributed by atoms with Gasteiger partial charge >= 0.3 is 0 Å². The molecule has 2 nitrogen and oxygen atoms in total. The molecule has 0 amide bonds. The van der Waals surface area contributed by atoms with Gasteiger partial charge in [0.25, 0.3) is 0 Å². The Balaban J connectivity index is 0.946. The Hall–Kier alpha value is -7.46. The Kier molecular flexibility index (Phi) is 7.64. The van der Waals surface area contributed by atoms with E-state index < -0.39 is 0 Å². The summed E-state index contributed by atoms with van der Waals surface area (Å²) in [6.45, 7) is 0. The maximum absolute atomic E-state index is 5.39. The largest absolute Gasteiger partial charge is 0.252 e. The zero-order valence-corrected chi connectivity index (χ0v) is 34.0. The number of aryl methyl sites for hydroxylation is 1. The molecule has 1 aliphatic rings. The molecule has 2 heterocycles. The first-order valence-corrected chi connectivity index (χ1v) is 21.9. The zero-order chi connectivity index (χ0) is 40.0. The van der Waals surface area contributed by atoms with Crippen molar-refractivity contribution in [3.8, 4) is 33.5 Å². The van der Waals surface area contributed by atoms with E-state index in [1.54, 1.807) is 0 Å². The first kappa shape index (κ1) is 34.4. The van der Waals surface area contributed by atoms with Gasteiger partial charge in [-0.05, 0) is 112 Å². The average molecular weight is 793 g/mol. The van der Waals surface area contributed by atoms with E-state index in [4.69, 9.17) is 9.97 Å². The molecular formula is C58H36N2S. The SMILES string of the molecule is C1=C(c2ccc(-c3ccc(-c4ccc(-c5cnc6c7ccccc7c7ccccc7c6n5)c5ccccc45)c4ccccc34)c3ccccc23)CCc2sc3ccccc3c21. The van der Waals surface area contributed by atoms with Crippen LogP contribution in [-0.2, 0) is 6.42 Å². The minimum atomic E-state index is 0.874. The van der Waals surface area contributed by atoms with E-state index in [0.717, 1.165) is 51.3 Å². The number of allylic oxidation sites excluding steroid dienone is 1. The number of hydrogen-bond acceptors (Lipinski definition) is 3. The van der Waals surface area contributed by atoms with Gasteiger partial charge in [-0.25, -0.2) is 4.98 Å². The molecule has 10 aromatic carbocycles. The first-order chi connectivity index (χ1) is 30.3. The second kappa shape index (κ2) is 13.5. The summed E-state index contributed by atoms with van der Waals surface area (Å²) in [6.07, 6.45) is 6.56. The number of rotatable bonds is 4. The van der Waals surface area contributed by atoms with Gasteiger partial charge in [-0.15, -0.1) is 11.3 Å². The van der Waals surface area contributed by atoms with E-state index in [9.17, 15) is 0 Å². The van der Waals surface area contributed by atoms with E-state index >= 15 is 0 Å². The van der Waals surface area contributed by atoms with Crippen molar-refractivity contribution < 1.29 is 0 Å². The van der Waals surface area contributed by atoms with Gasteiger partial charge in [0.05, 0.1) is 22.9 Å². The molecule has 0 unspecified atom stereocenters. The number of hydrogen-bond donors (Lipinski definition) is 0. The summed E-state index contributed by atoms with van der Waals surface area (Å²) in [5, 5.41) is 13.5. The topological polar surface area (TPSA) is 25.8 Å². The van der Waals surface area contributed by atoms with Gasteiger partial charge in [0.1, 0.15) is 0 Å².